The molecule has 0 bridgehead atoms. The summed E-state index contributed by atoms with van der Waals surface area (Å²) < 4.78 is 0. The number of pyridine rings is 1. The number of nitro groups is 1. The van der Waals surface area contributed by atoms with E-state index in [2.05, 4.69) is 4.98 Å². The maximum atomic E-state index is 10.6. The highest BCUT2D eigenvalue weighted by atomic mass is 16.6. The lowest BCUT2D eigenvalue weighted by Gasteiger charge is -2.02. The van der Waals surface area contributed by atoms with E-state index in [1.165, 1.54) is 6.07 Å². The fourth-order valence-electron chi connectivity index (χ4n) is 1.48. The molecule has 0 aliphatic carbocycles. The number of nitro benzene ring substituents is 1. The molecule has 0 amide bonds. The quantitative estimate of drug-likeness (QED) is 0.436. The number of anilines is 1. The van der Waals surface area contributed by atoms with Crippen LogP contribution in [0.25, 0.3) is 10.9 Å². The molecule has 2 aromatic rings. The maximum absolute atomic E-state index is 10.6. The average molecular weight is 203 g/mol. The van der Waals surface area contributed by atoms with E-state index in [4.69, 9.17) is 5.73 Å². The van der Waals surface area contributed by atoms with Gasteiger partial charge in [-0.15, -0.1) is 0 Å². The molecule has 0 aliphatic rings. The van der Waals surface area contributed by atoms with Crippen molar-refractivity contribution in [2.24, 2.45) is 0 Å². The lowest BCUT2D eigenvalue weighted by atomic mass is 10.1. The standard InChI is InChI=1S/C10H9N3O2/c1-6-2-3-7-8(12-6)4-5-9(10(7)11)13(14)15/h2-5H,11H2,1H3. The summed E-state index contributed by atoms with van der Waals surface area (Å²) in [6.45, 7) is 1.86. The smallest absolute Gasteiger partial charge is 0.292 e. The maximum Gasteiger partial charge on any atom is 0.292 e. The lowest BCUT2D eigenvalue weighted by Crippen LogP contribution is -1.97. The van der Waals surface area contributed by atoms with Crippen molar-refractivity contribution in [3.8, 4) is 0 Å². The Labute approximate surface area is 85.7 Å². The molecule has 1 heterocycles. The number of benzene rings is 1. The second-order valence-corrected chi connectivity index (χ2v) is 3.27. The van der Waals surface area contributed by atoms with Crippen LogP contribution in [0.2, 0.25) is 0 Å². The Morgan fingerprint density at radius 1 is 1.33 bits per heavy atom. The predicted molar refractivity (Wildman–Crippen MR) is 57.5 cm³/mol. The van der Waals surface area contributed by atoms with Crippen LogP contribution in [0.3, 0.4) is 0 Å². The van der Waals surface area contributed by atoms with Gasteiger partial charge in [0.25, 0.3) is 5.69 Å². The van der Waals surface area contributed by atoms with E-state index >= 15 is 0 Å². The molecular weight excluding hydrogens is 194 g/mol. The fourth-order valence-corrected chi connectivity index (χ4v) is 1.48. The molecule has 1 aromatic carbocycles. The molecule has 2 rings (SSSR count). The number of hydrogen-bond acceptors (Lipinski definition) is 4. The Kier molecular flexibility index (Phi) is 2.00. The molecule has 5 heteroatoms. The number of rotatable bonds is 1. The molecule has 0 saturated carbocycles. The number of aromatic nitrogens is 1. The zero-order chi connectivity index (χ0) is 11.0. The largest absolute Gasteiger partial charge is 0.393 e. The first-order valence-electron chi connectivity index (χ1n) is 4.40. The van der Waals surface area contributed by atoms with E-state index in [9.17, 15) is 10.1 Å². The molecule has 0 fully saturated rings. The summed E-state index contributed by atoms with van der Waals surface area (Å²) in [5, 5.41) is 11.3. The predicted octanol–water partition coefficient (Wildman–Crippen LogP) is 2.03. The van der Waals surface area contributed by atoms with Crippen molar-refractivity contribution in [3.05, 3.63) is 40.1 Å². The Morgan fingerprint density at radius 2 is 2.07 bits per heavy atom. The summed E-state index contributed by atoms with van der Waals surface area (Å²) in [4.78, 5) is 14.4. The Balaban J connectivity index is 2.80. The minimum atomic E-state index is -0.491. The van der Waals surface area contributed by atoms with E-state index in [1.54, 1.807) is 18.2 Å². The van der Waals surface area contributed by atoms with Crippen LogP contribution < -0.4 is 5.73 Å². The van der Waals surface area contributed by atoms with Crippen LogP contribution in [0.1, 0.15) is 5.69 Å². The van der Waals surface area contributed by atoms with Gasteiger partial charge in [-0.1, -0.05) is 0 Å². The van der Waals surface area contributed by atoms with Crippen molar-refractivity contribution >= 4 is 22.3 Å². The normalized spacial score (nSPS) is 10.5. The van der Waals surface area contributed by atoms with Gasteiger partial charge in [0.05, 0.1) is 10.4 Å². The first kappa shape index (κ1) is 9.39. The molecule has 1 aromatic heterocycles. The van der Waals surface area contributed by atoms with Crippen LogP contribution in [-0.4, -0.2) is 9.91 Å². The van der Waals surface area contributed by atoms with Crippen molar-refractivity contribution in [2.75, 3.05) is 5.73 Å². The SMILES string of the molecule is Cc1ccc2c(N)c([N+](=O)[O-])ccc2n1. The Morgan fingerprint density at radius 3 is 2.73 bits per heavy atom. The van der Waals surface area contributed by atoms with Gasteiger partial charge >= 0.3 is 0 Å². The molecular formula is C10H9N3O2. The number of nitrogens with zero attached hydrogens (tertiary/aromatic N) is 2. The molecule has 0 atom stereocenters. The Hall–Kier alpha value is -2.17. The molecule has 0 radical (unpaired) electrons. The monoisotopic (exact) mass is 203 g/mol. The average Bonchev–Trinajstić information content (AvgIpc) is 2.17. The van der Waals surface area contributed by atoms with Crippen molar-refractivity contribution < 1.29 is 4.92 Å². The molecule has 2 N–H and O–H groups in total. The van der Waals surface area contributed by atoms with Crippen molar-refractivity contribution in [1.29, 1.82) is 0 Å². The van der Waals surface area contributed by atoms with Crippen LogP contribution in [0.5, 0.6) is 0 Å². The molecule has 0 saturated heterocycles. The zero-order valence-corrected chi connectivity index (χ0v) is 8.10. The van der Waals surface area contributed by atoms with Crippen LogP contribution in [0, 0.1) is 17.0 Å². The van der Waals surface area contributed by atoms with Gasteiger partial charge in [0, 0.05) is 17.1 Å². The van der Waals surface area contributed by atoms with Crippen molar-refractivity contribution in [2.45, 2.75) is 6.92 Å². The minimum absolute atomic E-state index is 0.0758. The summed E-state index contributed by atoms with van der Waals surface area (Å²) in [5.74, 6) is 0. The first-order valence-corrected chi connectivity index (χ1v) is 4.40. The molecule has 76 valence electrons. The third kappa shape index (κ3) is 1.48. The molecule has 0 spiro atoms. The number of nitrogen functional groups attached to an aromatic ring is 1. The summed E-state index contributed by atoms with van der Waals surface area (Å²) in [7, 11) is 0. The van der Waals surface area contributed by atoms with E-state index < -0.39 is 4.92 Å². The zero-order valence-electron chi connectivity index (χ0n) is 8.10. The van der Waals surface area contributed by atoms with Gasteiger partial charge in [0.2, 0.25) is 0 Å². The first-order chi connectivity index (χ1) is 7.09. The van der Waals surface area contributed by atoms with Crippen LogP contribution >= 0.6 is 0 Å². The van der Waals surface area contributed by atoms with E-state index in [1.807, 2.05) is 6.92 Å². The third-order valence-corrected chi connectivity index (χ3v) is 2.23. The summed E-state index contributed by atoms with van der Waals surface area (Å²) in [6.07, 6.45) is 0. The number of nitrogens with two attached hydrogens (primary N) is 1. The highest BCUT2D eigenvalue weighted by Crippen LogP contribution is 2.29. The summed E-state index contributed by atoms with van der Waals surface area (Å²) >= 11 is 0. The molecule has 0 unspecified atom stereocenters. The minimum Gasteiger partial charge on any atom is -0.393 e. The van der Waals surface area contributed by atoms with E-state index in [0.29, 0.717) is 10.9 Å². The molecule has 15 heavy (non-hydrogen) atoms. The Bertz CT molecular complexity index is 552. The fraction of sp³-hybridized carbons (Fsp3) is 0.100. The summed E-state index contributed by atoms with van der Waals surface area (Å²) in [6, 6.07) is 6.52. The van der Waals surface area contributed by atoms with Gasteiger partial charge in [-0.2, -0.15) is 0 Å². The topological polar surface area (TPSA) is 82.0 Å². The van der Waals surface area contributed by atoms with Gasteiger partial charge in [-0.05, 0) is 25.1 Å². The van der Waals surface area contributed by atoms with Crippen molar-refractivity contribution in [1.82, 2.24) is 4.98 Å². The molecule has 5 nitrogen and oxygen atoms in total. The van der Waals surface area contributed by atoms with Gasteiger partial charge in [0.1, 0.15) is 5.69 Å². The van der Waals surface area contributed by atoms with Gasteiger partial charge < -0.3 is 5.73 Å². The van der Waals surface area contributed by atoms with Gasteiger partial charge in [-0.25, -0.2) is 0 Å². The van der Waals surface area contributed by atoms with Gasteiger partial charge in [-0.3, -0.25) is 15.1 Å². The van der Waals surface area contributed by atoms with Crippen LogP contribution in [0.4, 0.5) is 11.4 Å². The lowest BCUT2D eigenvalue weighted by molar-refractivity contribution is -0.383. The van der Waals surface area contributed by atoms with E-state index in [0.717, 1.165) is 5.69 Å². The number of fused-ring (bicyclic) bond motifs is 1. The van der Waals surface area contributed by atoms with Crippen LogP contribution in [0.15, 0.2) is 24.3 Å². The molecule has 0 aliphatic heterocycles. The van der Waals surface area contributed by atoms with E-state index in [-0.39, 0.29) is 11.4 Å². The van der Waals surface area contributed by atoms with Crippen LogP contribution in [-0.2, 0) is 0 Å². The second-order valence-electron chi connectivity index (χ2n) is 3.27. The van der Waals surface area contributed by atoms with Crippen molar-refractivity contribution in [3.63, 3.8) is 0 Å². The third-order valence-electron chi connectivity index (χ3n) is 2.23. The summed E-state index contributed by atoms with van der Waals surface area (Å²) in [5.41, 5.74) is 7.32. The highest BCUT2D eigenvalue weighted by molar-refractivity contribution is 5.94. The number of aryl methyl sites for hydroxylation is 1. The second kappa shape index (κ2) is 3.20. The van der Waals surface area contributed by atoms with Gasteiger partial charge in [0.15, 0.2) is 0 Å². The number of hydrogen-bond donors (Lipinski definition) is 1. The highest BCUT2D eigenvalue weighted by Gasteiger charge is 2.13.